The van der Waals surface area contributed by atoms with Crippen LogP contribution in [0.1, 0.15) is 37.8 Å². The molecule has 1 aliphatic carbocycles. The van der Waals surface area contributed by atoms with E-state index in [0.717, 1.165) is 12.0 Å². The van der Waals surface area contributed by atoms with E-state index in [2.05, 4.69) is 38.1 Å². The zero-order valence-electron chi connectivity index (χ0n) is 15.1. The quantitative estimate of drug-likeness (QED) is 0.736. The predicted molar refractivity (Wildman–Crippen MR) is 101 cm³/mol. The lowest BCUT2D eigenvalue weighted by molar-refractivity contribution is -0.117. The summed E-state index contributed by atoms with van der Waals surface area (Å²) in [5.41, 5.74) is 3.32. The topological polar surface area (TPSA) is 26.3 Å². The van der Waals surface area contributed by atoms with E-state index in [1.807, 2.05) is 42.5 Å². The van der Waals surface area contributed by atoms with Gasteiger partial charge in [0.1, 0.15) is 0 Å². The molecule has 0 fully saturated rings. The van der Waals surface area contributed by atoms with E-state index in [1.54, 1.807) is 0 Å². The molecule has 25 heavy (non-hydrogen) atoms. The monoisotopic (exact) mass is 334 g/mol. The fraction of sp³-hybridized carbons (Fsp3) is 0.348. The summed E-state index contributed by atoms with van der Waals surface area (Å²) in [6.07, 6.45) is 3.25. The van der Waals surface area contributed by atoms with Gasteiger partial charge >= 0.3 is 0 Å². The zero-order chi connectivity index (χ0) is 17.7. The van der Waals surface area contributed by atoms with Gasteiger partial charge in [-0.1, -0.05) is 80.1 Å². The fourth-order valence-corrected chi connectivity index (χ4v) is 3.59. The molecule has 3 rings (SSSR count). The van der Waals surface area contributed by atoms with Crippen LogP contribution in [0.15, 0.2) is 72.3 Å². The lowest BCUT2D eigenvalue weighted by Gasteiger charge is -2.38. The molecule has 0 aromatic heterocycles. The van der Waals surface area contributed by atoms with Crippen LogP contribution in [0.3, 0.4) is 0 Å². The van der Waals surface area contributed by atoms with Crippen molar-refractivity contribution in [2.24, 2.45) is 5.92 Å². The number of hydrogen-bond acceptors (Lipinski definition) is 2. The number of allylic oxidation sites excluding steroid dienone is 2. The Morgan fingerprint density at radius 2 is 1.60 bits per heavy atom. The van der Waals surface area contributed by atoms with Crippen molar-refractivity contribution in [3.8, 4) is 0 Å². The predicted octanol–water partition coefficient (Wildman–Crippen LogP) is 5.09. The smallest absolute Gasteiger partial charge is 0.156 e. The van der Waals surface area contributed by atoms with Crippen LogP contribution in [-0.2, 0) is 21.6 Å². The summed E-state index contributed by atoms with van der Waals surface area (Å²) in [4.78, 5) is 12.5. The molecule has 0 bridgehead atoms. The highest BCUT2D eigenvalue weighted by molar-refractivity contribution is 5.92. The van der Waals surface area contributed by atoms with Crippen molar-refractivity contribution in [1.29, 1.82) is 0 Å². The van der Waals surface area contributed by atoms with Crippen molar-refractivity contribution in [1.82, 2.24) is 0 Å². The molecular weight excluding hydrogens is 308 g/mol. The Morgan fingerprint density at radius 3 is 2.24 bits per heavy atom. The van der Waals surface area contributed by atoms with Crippen LogP contribution < -0.4 is 0 Å². The second kappa shape index (κ2) is 7.79. The maximum Gasteiger partial charge on any atom is 0.156 e. The second-order valence-corrected chi connectivity index (χ2v) is 7.32. The molecule has 2 nitrogen and oxygen atoms in total. The number of ketones is 1. The summed E-state index contributed by atoms with van der Waals surface area (Å²) >= 11 is 0. The van der Waals surface area contributed by atoms with Gasteiger partial charge in [-0.25, -0.2) is 0 Å². The molecule has 0 saturated carbocycles. The first kappa shape index (κ1) is 17.6. The number of carbonyl (C=O) groups is 1. The van der Waals surface area contributed by atoms with Crippen LogP contribution in [0, 0.1) is 5.92 Å². The summed E-state index contributed by atoms with van der Waals surface area (Å²) in [6.45, 7) is 5.45. The van der Waals surface area contributed by atoms with Gasteiger partial charge in [0.2, 0.25) is 0 Å². The Morgan fingerprint density at radius 1 is 0.960 bits per heavy atom. The van der Waals surface area contributed by atoms with Gasteiger partial charge in [-0.2, -0.15) is 0 Å². The van der Waals surface area contributed by atoms with E-state index in [-0.39, 0.29) is 11.2 Å². The summed E-state index contributed by atoms with van der Waals surface area (Å²) in [5, 5.41) is 0. The first-order valence-electron chi connectivity index (χ1n) is 8.99. The Hall–Kier alpha value is -2.19. The van der Waals surface area contributed by atoms with Crippen molar-refractivity contribution in [3.63, 3.8) is 0 Å². The molecule has 130 valence electrons. The number of benzene rings is 2. The largest absolute Gasteiger partial charge is 0.376 e. The minimum atomic E-state index is -0.262. The van der Waals surface area contributed by atoms with Crippen molar-refractivity contribution < 1.29 is 9.53 Å². The van der Waals surface area contributed by atoms with Crippen LogP contribution in [0.25, 0.3) is 0 Å². The lowest BCUT2D eigenvalue weighted by Crippen LogP contribution is -2.38. The molecule has 0 radical (unpaired) electrons. The van der Waals surface area contributed by atoms with Gasteiger partial charge in [0.05, 0.1) is 13.2 Å². The van der Waals surface area contributed by atoms with E-state index < -0.39 is 0 Å². The van der Waals surface area contributed by atoms with Crippen molar-refractivity contribution in [2.45, 2.75) is 38.7 Å². The minimum Gasteiger partial charge on any atom is -0.376 e. The number of hydrogen-bond donors (Lipinski definition) is 0. The summed E-state index contributed by atoms with van der Waals surface area (Å²) < 4.78 is 6.11. The van der Waals surface area contributed by atoms with E-state index >= 15 is 0 Å². The fourth-order valence-electron chi connectivity index (χ4n) is 3.59. The van der Waals surface area contributed by atoms with Crippen molar-refractivity contribution in [3.05, 3.63) is 83.4 Å². The van der Waals surface area contributed by atoms with Gasteiger partial charge in [-0.15, -0.1) is 0 Å². The third-order valence-corrected chi connectivity index (χ3v) is 5.02. The van der Waals surface area contributed by atoms with Crippen LogP contribution in [0.5, 0.6) is 0 Å². The van der Waals surface area contributed by atoms with Gasteiger partial charge in [-0.05, 0) is 29.5 Å². The molecule has 0 unspecified atom stereocenters. The highest BCUT2D eigenvalue weighted by Gasteiger charge is 2.38. The molecule has 0 amide bonds. The van der Waals surface area contributed by atoms with Crippen LogP contribution >= 0.6 is 0 Å². The summed E-state index contributed by atoms with van der Waals surface area (Å²) in [7, 11) is 0. The average Bonchev–Trinajstić information content (AvgIpc) is 2.63. The SMILES string of the molecule is CC(C)C1=CC(=O)C[C@](COCc2ccccc2)(c2ccccc2)C1. The van der Waals surface area contributed by atoms with Crippen LogP contribution in [-0.4, -0.2) is 12.4 Å². The number of ether oxygens (including phenoxy) is 1. The Kier molecular flexibility index (Phi) is 5.50. The Labute approximate surface area is 150 Å². The first-order valence-corrected chi connectivity index (χ1v) is 8.99. The first-order chi connectivity index (χ1) is 12.1. The highest BCUT2D eigenvalue weighted by atomic mass is 16.5. The molecule has 2 heteroatoms. The van der Waals surface area contributed by atoms with E-state index in [0.29, 0.717) is 25.6 Å². The molecule has 0 N–H and O–H groups in total. The Bertz CT molecular complexity index is 731. The van der Waals surface area contributed by atoms with Gasteiger partial charge in [0.15, 0.2) is 5.78 Å². The molecule has 2 aromatic carbocycles. The maximum absolute atomic E-state index is 12.5. The number of carbonyl (C=O) groups excluding carboxylic acids is 1. The number of rotatable bonds is 6. The Balaban J connectivity index is 1.83. The summed E-state index contributed by atoms with van der Waals surface area (Å²) in [5.74, 6) is 0.587. The molecular formula is C23H26O2. The van der Waals surface area contributed by atoms with Gasteiger partial charge < -0.3 is 4.74 Å². The maximum atomic E-state index is 12.5. The minimum absolute atomic E-state index is 0.210. The molecule has 0 saturated heterocycles. The van der Waals surface area contributed by atoms with Crippen LogP contribution in [0.2, 0.25) is 0 Å². The van der Waals surface area contributed by atoms with Crippen molar-refractivity contribution >= 4 is 5.78 Å². The van der Waals surface area contributed by atoms with Crippen molar-refractivity contribution in [2.75, 3.05) is 6.61 Å². The van der Waals surface area contributed by atoms with E-state index in [9.17, 15) is 4.79 Å². The summed E-state index contributed by atoms with van der Waals surface area (Å²) in [6, 6.07) is 20.6. The third-order valence-electron chi connectivity index (χ3n) is 5.02. The molecule has 0 aliphatic heterocycles. The van der Waals surface area contributed by atoms with E-state index in [4.69, 9.17) is 4.74 Å². The molecule has 0 heterocycles. The molecule has 2 aromatic rings. The van der Waals surface area contributed by atoms with Gasteiger partial charge in [0, 0.05) is 11.8 Å². The molecule has 1 aliphatic rings. The average molecular weight is 334 g/mol. The standard InChI is InChI=1S/C23H26O2/c1-18(2)20-13-22(24)15-23(14-20,21-11-7-4-8-12-21)17-25-16-19-9-5-3-6-10-19/h3-13,18H,14-17H2,1-2H3/t23-/m1/s1. The van der Waals surface area contributed by atoms with E-state index in [1.165, 1.54) is 11.1 Å². The zero-order valence-corrected chi connectivity index (χ0v) is 15.1. The third kappa shape index (κ3) is 4.26. The normalized spacial score (nSPS) is 20.6. The van der Waals surface area contributed by atoms with Gasteiger partial charge in [-0.3, -0.25) is 4.79 Å². The van der Waals surface area contributed by atoms with Gasteiger partial charge in [0.25, 0.3) is 0 Å². The molecule has 0 spiro atoms. The molecule has 1 atom stereocenters. The second-order valence-electron chi connectivity index (χ2n) is 7.32. The lowest BCUT2D eigenvalue weighted by atomic mass is 9.68. The highest BCUT2D eigenvalue weighted by Crippen LogP contribution is 2.40. The van der Waals surface area contributed by atoms with Crippen LogP contribution in [0.4, 0.5) is 0 Å².